The molecule has 1 aliphatic rings. The van der Waals surface area contributed by atoms with Crippen LogP contribution < -0.4 is 15.4 Å². The first-order valence-corrected chi connectivity index (χ1v) is 8.73. The molecule has 0 saturated carbocycles. The van der Waals surface area contributed by atoms with Crippen LogP contribution in [-0.4, -0.2) is 30.1 Å². The minimum atomic E-state index is -0.566. The molecule has 6 heteroatoms. The zero-order valence-corrected chi connectivity index (χ0v) is 13.9. The van der Waals surface area contributed by atoms with Crippen molar-refractivity contribution < 1.29 is 9.53 Å². The molecule has 0 bridgehead atoms. The van der Waals surface area contributed by atoms with Gasteiger partial charge in [0.15, 0.2) is 11.2 Å². The summed E-state index contributed by atoms with van der Waals surface area (Å²) in [5, 5.41) is 6.85. The first kappa shape index (κ1) is 16.0. The molecule has 5 nitrogen and oxygen atoms in total. The topological polar surface area (TPSA) is 63.2 Å². The molecule has 1 aromatic carbocycles. The van der Waals surface area contributed by atoms with Crippen molar-refractivity contribution >= 4 is 22.4 Å². The number of piperidine rings is 1. The molecule has 1 atom stereocenters. The van der Waals surface area contributed by atoms with Crippen LogP contribution in [0.4, 0.5) is 5.13 Å². The van der Waals surface area contributed by atoms with Crippen LogP contribution in [0, 0.1) is 0 Å². The number of nitrogens with one attached hydrogen (secondary N) is 2. The fraction of sp³-hybridized carbons (Fsp3) is 0.412. The molecule has 1 amide bonds. The van der Waals surface area contributed by atoms with Crippen molar-refractivity contribution in [1.29, 1.82) is 0 Å². The van der Waals surface area contributed by atoms with Gasteiger partial charge in [0, 0.05) is 11.1 Å². The summed E-state index contributed by atoms with van der Waals surface area (Å²) >= 11 is 1.57. The van der Waals surface area contributed by atoms with Crippen molar-refractivity contribution in [3.63, 3.8) is 0 Å². The summed E-state index contributed by atoms with van der Waals surface area (Å²) in [7, 11) is 0. The summed E-state index contributed by atoms with van der Waals surface area (Å²) in [4.78, 5) is 17.8. The van der Waals surface area contributed by atoms with E-state index in [4.69, 9.17) is 4.74 Å². The van der Waals surface area contributed by atoms with Gasteiger partial charge in [-0.05, 0) is 50.9 Å². The number of nitrogens with zero attached hydrogens (tertiary/aromatic N) is 1. The van der Waals surface area contributed by atoms with Crippen molar-refractivity contribution in [2.24, 2.45) is 0 Å². The number of benzene rings is 1. The average Bonchev–Trinajstić information content (AvgIpc) is 3.05. The Balaban J connectivity index is 1.56. The number of thiazole rings is 1. The van der Waals surface area contributed by atoms with E-state index in [9.17, 15) is 4.79 Å². The van der Waals surface area contributed by atoms with Crippen LogP contribution in [0.25, 0.3) is 0 Å². The Hall–Kier alpha value is -1.92. The van der Waals surface area contributed by atoms with Gasteiger partial charge in [0.2, 0.25) is 0 Å². The third kappa shape index (κ3) is 4.30. The van der Waals surface area contributed by atoms with Crippen LogP contribution in [0.15, 0.2) is 36.5 Å². The summed E-state index contributed by atoms with van der Waals surface area (Å²) < 4.78 is 5.63. The Morgan fingerprint density at radius 2 is 2.09 bits per heavy atom. The number of hydrogen-bond acceptors (Lipinski definition) is 5. The van der Waals surface area contributed by atoms with Crippen molar-refractivity contribution in [3.8, 4) is 5.75 Å². The monoisotopic (exact) mass is 331 g/mol. The van der Waals surface area contributed by atoms with Gasteiger partial charge in [-0.25, -0.2) is 4.98 Å². The van der Waals surface area contributed by atoms with E-state index in [1.807, 2.05) is 36.5 Å². The molecule has 1 aliphatic heterocycles. The lowest BCUT2D eigenvalue weighted by Gasteiger charge is -2.20. The number of amides is 1. The van der Waals surface area contributed by atoms with Gasteiger partial charge < -0.3 is 10.1 Å². The molecule has 1 saturated heterocycles. The predicted molar refractivity (Wildman–Crippen MR) is 92.1 cm³/mol. The lowest BCUT2D eigenvalue weighted by molar-refractivity contribution is -0.122. The number of para-hydroxylation sites is 1. The summed E-state index contributed by atoms with van der Waals surface area (Å²) in [5.74, 6) is 1.06. The van der Waals surface area contributed by atoms with Gasteiger partial charge in [-0.3, -0.25) is 10.1 Å². The molecule has 1 fully saturated rings. The summed E-state index contributed by atoms with van der Waals surface area (Å²) in [6.45, 7) is 3.84. The second kappa shape index (κ2) is 7.57. The van der Waals surface area contributed by atoms with Crippen LogP contribution in [0.1, 0.15) is 30.6 Å². The number of aromatic nitrogens is 1. The lowest BCUT2D eigenvalue weighted by Crippen LogP contribution is -2.30. The number of ether oxygens (including phenoxy) is 1. The standard InChI is InChI=1S/C17H21N3O2S/c1-12(22-14-5-3-2-4-6-14)16(21)20-17-19-11-15(23-17)13-7-9-18-10-8-13/h2-6,11-13,18H,7-10H2,1H3,(H,19,20,21). The van der Waals surface area contributed by atoms with Crippen LogP contribution in [0.5, 0.6) is 5.75 Å². The summed E-state index contributed by atoms with van der Waals surface area (Å²) in [5.41, 5.74) is 0. The van der Waals surface area contributed by atoms with Crippen LogP contribution in [0.3, 0.4) is 0 Å². The number of hydrogen-bond donors (Lipinski definition) is 2. The quantitative estimate of drug-likeness (QED) is 0.884. The highest BCUT2D eigenvalue weighted by Gasteiger charge is 2.20. The molecule has 1 unspecified atom stereocenters. The van der Waals surface area contributed by atoms with Crippen molar-refractivity contribution in [2.45, 2.75) is 31.8 Å². The fourth-order valence-corrected chi connectivity index (χ4v) is 3.59. The zero-order valence-electron chi connectivity index (χ0n) is 13.1. The molecule has 0 radical (unpaired) electrons. The Labute approximate surface area is 140 Å². The third-order valence-electron chi connectivity index (χ3n) is 3.92. The molecule has 2 aromatic rings. The van der Waals surface area contributed by atoms with E-state index >= 15 is 0 Å². The molecule has 0 aliphatic carbocycles. The van der Waals surface area contributed by atoms with E-state index in [2.05, 4.69) is 15.6 Å². The van der Waals surface area contributed by atoms with Gasteiger partial charge in [-0.1, -0.05) is 18.2 Å². The maximum absolute atomic E-state index is 12.2. The SMILES string of the molecule is CC(Oc1ccccc1)C(=O)Nc1ncc(C2CCNCC2)s1. The maximum Gasteiger partial charge on any atom is 0.266 e. The Bertz CT molecular complexity index is 638. The normalized spacial score (nSPS) is 16.7. The lowest BCUT2D eigenvalue weighted by atomic mass is 9.97. The molecule has 0 spiro atoms. The van der Waals surface area contributed by atoms with Crippen LogP contribution in [-0.2, 0) is 4.79 Å². The van der Waals surface area contributed by atoms with Crippen molar-refractivity contribution in [2.75, 3.05) is 18.4 Å². The highest BCUT2D eigenvalue weighted by molar-refractivity contribution is 7.15. The van der Waals surface area contributed by atoms with Gasteiger partial charge in [-0.15, -0.1) is 11.3 Å². The molecular weight excluding hydrogens is 310 g/mol. The highest BCUT2D eigenvalue weighted by atomic mass is 32.1. The van der Waals surface area contributed by atoms with Gasteiger partial charge in [0.25, 0.3) is 5.91 Å². The van der Waals surface area contributed by atoms with E-state index < -0.39 is 6.10 Å². The van der Waals surface area contributed by atoms with E-state index in [-0.39, 0.29) is 5.91 Å². The number of carbonyl (C=O) groups is 1. The average molecular weight is 331 g/mol. The van der Waals surface area contributed by atoms with Crippen LogP contribution >= 0.6 is 11.3 Å². The smallest absolute Gasteiger partial charge is 0.266 e. The summed E-state index contributed by atoms with van der Waals surface area (Å²) in [6, 6.07) is 9.35. The highest BCUT2D eigenvalue weighted by Crippen LogP contribution is 2.31. The van der Waals surface area contributed by atoms with Crippen LogP contribution in [0.2, 0.25) is 0 Å². The predicted octanol–water partition coefficient (Wildman–Crippen LogP) is 3.02. The van der Waals surface area contributed by atoms with Crippen molar-refractivity contribution in [1.82, 2.24) is 10.3 Å². The molecule has 3 rings (SSSR count). The van der Waals surface area contributed by atoms with E-state index in [1.54, 1.807) is 18.3 Å². The first-order chi connectivity index (χ1) is 11.2. The molecule has 23 heavy (non-hydrogen) atoms. The third-order valence-corrected chi connectivity index (χ3v) is 5.00. The Morgan fingerprint density at radius 1 is 1.35 bits per heavy atom. The van der Waals surface area contributed by atoms with Gasteiger partial charge in [0.05, 0.1) is 0 Å². The molecule has 2 N–H and O–H groups in total. The molecule has 2 heterocycles. The Morgan fingerprint density at radius 3 is 2.83 bits per heavy atom. The summed E-state index contributed by atoms with van der Waals surface area (Å²) in [6.07, 6.45) is 3.58. The maximum atomic E-state index is 12.2. The van der Waals surface area contributed by atoms with Gasteiger partial charge in [0.1, 0.15) is 5.75 Å². The largest absolute Gasteiger partial charge is 0.481 e. The van der Waals surface area contributed by atoms with Gasteiger partial charge >= 0.3 is 0 Å². The van der Waals surface area contributed by atoms with Gasteiger partial charge in [-0.2, -0.15) is 0 Å². The minimum absolute atomic E-state index is 0.180. The second-order valence-corrected chi connectivity index (χ2v) is 6.72. The van der Waals surface area contributed by atoms with E-state index in [0.717, 1.165) is 25.9 Å². The Kier molecular flexibility index (Phi) is 5.25. The number of anilines is 1. The minimum Gasteiger partial charge on any atom is -0.481 e. The number of carbonyl (C=O) groups excluding carboxylic acids is 1. The second-order valence-electron chi connectivity index (χ2n) is 5.65. The van der Waals surface area contributed by atoms with E-state index in [1.165, 1.54) is 4.88 Å². The molecular formula is C17H21N3O2S. The molecule has 122 valence electrons. The zero-order chi connectivity index (χ0) is 16.1. The van der Waals surface area contributed by atoms with Crippen molar-refractivity contribution in [3.05, 3.63) is 41.4 Å². The molecule has 1 aromatic heterocycles. The fourth-order valence-electron chi connectivity index (χ4n) is 2.60. The number of rotatable bonds is 5. The first-order valence-electron chi connectivity index (χ1n) is 7.91. The van der Waals surface area contributed by atoms with E-state index in [0.29, 0.717) is 16.8 Å².